The van der Waals surface area contributed by atoms with Gasteiger partial charge < -0.3 is 14.5 Å². The van der Waals surface area contributed by atoms with Crippen LogP contribution >= 0.6 is 0 Å². The minimum absolute atomic E-state index is 0.150. The number of rotatable bonds is 2. The molecular formula is C14H24N2O3. The fourth-order valence-corrected chi connectivity index (χ4v) is 3.28. The van der Waals surface area contributed by atoms with E-state index < -0.39 is 0 Å². The Hall–Kier alpha value is -1.10. The van der Waals surface area contributed by atoms with Gasteiger partial charge in [-0.05, 0) is 19.8 Å². The Bertz CT molecular complexity index is 351. The summed E-state index contributed by atoms with van der Waals surface area (Å²) in [5.41, 5.74) is -0.203. The quantitative estimate of drug-likeness (QED) is 0.751. The van der Waals surface area contributed by atoms with E-state index in [1.54, 1.807) is 0 Å². The second-order valence-electron chi connectivity index (χ2n) is 5.39. The van der Waals surface area contributed by atoms with Gasteiger partial charge in [0.05, 0.1) is 5.54 Å². The lowest BCUT2D eigenvalue weighted by atomic mass is 9.87. The number of carbonyl (C=O) groups excluding carboxylic acids is 2. The zero-order valence-electron chi connectivity index (χ0n) is 12.0. The predicted octanol–water partition coefficient (Wildman–Crippen LogP) is 1.03. The minimum atomic E-state index is -0.203. The van der Waals surface area contributed by atoms with E-state index in [-0.39, 0.29) is 17.4 Å². The Labute approximate surface area is 114 Å². The van der Waals surface area contributed by atoms with Crippen LogP contribution in [-0.4, -0.2) is 60.0 Å². The van der Waals surface area contributed by atoms with Gasteiger partial charge in [0.1, 0.15) is 0 Å². The SMILES string of the molecule is CCC(=O)N1CCC(=O)N(CC)C2(CCOCC2)C1. The van der Waals surface area contributed by atoms with Crippen LogP contribution in [0.3, 0.4) is 0 Å². The summed E-state index contributed by atoms with van der Waals surface area (Å²) >= 11 is 0. The zero-order chi connectivity index (χ0) is 13.9. The summed E-state index contributed by atoms with van der Waals surface area (Å²) in [4.78, 5) is 28.2. The molecule has 2 rings (SSSR count). The van der Waals surface area contributed by atoms with Crippen LogP contribution in [0.4, 0.5) is 0 Å². The first kappa shape index (κ1) is 14.3. The Morgan fingerprint density at radius 2 is 2.00 bits per heavy atom. The lowest BCUT2D eigenvalue weighted by Gasteiger charge is -2.46. The molecule has 1 spiro atoms. The third-order valence-electron chi connectivity index (χ3n) is 4.35. The van der Waals surface area contributed by atoms with E-state index in [9.17, 15) is 9.59 Å². The van der Waals surface area contributed by atoms with Gasteiger partial charge in [-0.2, -0.15) is 0 Å². The molecule has 0 aliphatic carbocycles. The maximum atomic E-state index is 12.3. The number of nitrogens with zero attached hydrogens (tertiary/aromatic N) is 2. The van der Waals surface area contributed by atoms with Gasteiger partial charge >= 0.3 is 0 Å². The predicted molar refractivity (Wildman–Crippen MR) is 71.7 cm³/mol. The van der Waals surface area contributed by atoms with Crippen molar-refractivity contribution < 1.29 is 14.3 Å². The molecule has 2 saturated heterocycles. The van der Waals surface area contributed by atoms with E-state index >= 15 is 0 Å². The van der Waals surface area contributed by atoms with Gasteiger partial charge in [-0.15, -0.1) is 0 Å². The van der Waals surface area contributed by atoms with Crippen molar-refractivity contribution in [3.05, 3.63) is 0 Å². The average molecular weight is 268 g/mol. The molecule has 0 N–H and O–H groups in total. The first-order valence-electron chi connectivity index (χ1n) is 7.29. The van der Waals surface area contributed by atoms with Crippen LogP contribution in [0.2, 0.25) is 0 Å². The zero-order valence-corrected chi connectivity index (χ0v) is 12.0. The van der Waals surface area contributed by atoms with Gasteiger partial charge in [-0.3, -0.25) is 9.59 Å². The number of ether oxygens (including phenoxy) is 1. The third-order valence-corrected chi connectivity index (χ3v) is 4.35. The number of hydrogen-bond acceptors (Lipinski definition) is 3. The van der Waals surface area contributed by atoms with Gasteiger partial charge in [-0.1, -0.05) is 6.92 Å². The summed E-state index contributed by atoms with van der Waals surface area (Å²) in [7, 11) is 0. The molecule has 2 fully saturated rings. The largest absolute Gasteiger partial charge is 0.381 e. The van der Waals surface area contributed by atoms with Crippen LogP contribution in [0.25, 0.3) is 0 Å². The standard InChI is InChI=1S/C14H24N2O3/c1-3-12(17)15-8-5-13(18)16(4-2)14(11-15)6-9-19-10-7-14/h3-11H2,1-2H3. The van der Waals surface area contributed by atoms with Crippen molar-refractivity contribution in [2.45, 2.75) is 45.1 Å². The van der Waals surface area contributed by atoms with E-state index in [4.69, 9.17) is 4.74 Å². The molecule has 5 nitrogen and oxygen atoms in total. The molecule has 0 atom stereocenters. The molecule has 2 amide bonds. The van der Waals surface area contributed by atoms with Gasteiger partial charge in [0.2, 0.25) is 11.8 Å². The smallest absolute Gasteiger partial charge is 0.224 e. The molecule has 108 valence electrons. The van der Waals surface area contributed by atoms with Crippen LogP contribution in [0.1, 0.15) is 39.5 Å². The molecule has 0 aromatic carbocycles. The van der Waals surface area contributed by atoms with E-state index in [2.05, 4.69) is 0 Å². The summed E-state index contributed by atoms with van der Waals surface area (Å²) in [6.45, 7) is 7.20. The molecule has 0 bridgehead atoms. The third kappa shape index (κ3) is 2.76. The number of likely N-dealkylation sites (N-methyl/N-ethyl adjacent to an activating group) is 1. The summed E-state index contributed by atoms with van der Waals surface area (Å²) in [5.74, 6) is 0.326. The number of amides is 2. The molecule has 2 heterocycles. The molecule has 0 unspecified atom stereocenters. The molecule has 0 aromatic heterocycles. The van der Waals surface area contributed by atoms with Crippen LogP contribution in [-0.2, 0) is 14.3 Å². The summed E-state index contributed by atoms with van der Waals surface area (Å²) in [6, 6.07) is 0. The van der Waals surface area contributed by atoms with Crippen LogP contribution < -0.4 is 0 Å². The first-order chi connectivity index (χ1) is 9.13. The highest BCUT2D eigenvalue weighted by Crippen LogP contribution is 2.32. The summed E-state index contributed by atoms with van der Waals surface area (Å²) in [6.07, 6.45) is 2.62. The van der Waals surface area contributed by atoms with Crippen molar-refractivity contribution in [3.63, 3.8) is 0 Å². The molecular weight excluding hydrogens is 244 g/mol. The molecule has 19 heavy (non-hydrogen) atoms. The lowest BCUT2D eigenvalue weighted by molar-refractivity contribution is -0.141. The normalized spacial score (nSPS) is 23.6. The van der Waals surface area contributed by atoms with Gasteiger partial charge in [0.15, 0.2) is 0 Å². The van der Waals surface area contributed by atoms with Crippen molar-refractivity contribution in [2.75, 3.05) is 32.8 Å². The maximum Gasteiger partial charge on any atom is 0.224 e. The molecule has 5 heteroatoms. The number of hydrogen-bond donors (Lipinski definition) is 0. The molecule has 0 radical (unpaired) electrons. The maximum absolute atomic E-state index is 12.3. The first-order valence-corrected chi connectivity index (χ1v) is 7.29. The van der Waals surface area contributed by atoms with E-state index in [1.807, 2.05) is 23.6 Å². The Balaban J connectivity index is 2.26. The topological polar surface area (TPSA) is 49.9 Å². The number of carbonyl (C=O) groups is 2. The second-order valence-corrected chi connectivity index (χ2v) is 5.39. The Morgan fingerprint density at radius 3 is 2.58 bits per heavy atom. The van der Waals surface area contributed by atoms with Crippen molar-refractivity contribution >= 4 is 11.8 Å². The molecule has 2 aliphatic rings. The Morgan fingerprint density at radius 1 is 1.32 bits per heavy atom. The Kier molecular flexibility index (Phi) is 4.45. The van der Waals surface area contributed by atoms with Gasteiger partial charge in [0.25, 0.3) is 0 Å². The van der Waals surface area contributed by atoms with E-state index in [1.165, 1.54) is 0 Å². The van der Waals surface area contributed by atoms with Crippen molar-refractivity contribution in [1.82, 2.24) is 9.80 Å². The highest BCUT2D eigenvalue weighted by atomic mass is 16.5. The average Bonchev–Trinajstić information content (AvgIpc) is 2.56. The summed E-state index contributed by atoms with van der Waals surface area (Å²) in [5, 5.41) is 0. The highest BCUT2D eigenvalue weighted by Gasteiger charge is 2.44. The second kappa shape index (κ2) is 5.90. The highest BCUT2D eigenvalue weighted by molar-refractivity contribution is 5.81. The fraction of sp³-hybridized carbons (Fsp3) is 0.857. The fourth-order valence-electron chi connectivity index (χ4n) is 3.28. The van der Waals surface area contributed by atoms with Crippen molar-refractivity contribution in [1.29, 1.82) is 0 Å². The van der Waals surface area contributed by atoms with Crippen molar-refractivity contribution in [2.24, 2.45) is 0 Å². The minimum Gasteiger partial charge on any atom is -0.381 e. The van der Waals surface area contributed by atoms with Gasteiger partial charge in [0, 0.05) is 45.7 Å². The van der Waals surface area contributed by atoms with E-state index in [0.717, 1.165) is 12.8 Å². The molecule has 0 saturated carbocycles. The van der Waals surface area contributed by atoms with Crippen LogP contribution in [0, 0.1) is 0 Å². The van der Waals surface area contributed by atoms with Gasteiger partial charge in [-0.25, -0.2) is 0 Å². The van der Waals surface area contributed by atoms with Crippen LogP contribution in [0.15, 0.2) is 0 Å². The van der Waals surface area contributed by atoms with Crippen LogP contribution in [0.5, 0.6) is 0 Å². The van der Waals surface area contributed by atoms with E-state index in [0.29, 0.717) is 45.7 Å². The molecule has 0 aromatic rings. The molecule has 2 aliphatic heterocycles. The lowest BCUT2D eigenvalue weighted by Crippen LogP contribution is -2.58. The van der Waals surface area contributed by atoms with Crippen molar-refractivity contribution in [3.8, 4) is 0 Å². The monoisotopic (exact) mass is 268 g/mol. The summed E-state index contributed by atoms with van der Waals surface area (Å²) < 4.78 is 5.45.